The van der Waals surface area contributed by atoms with Crippen molar-refractivity contribution in [1.29, 1.82) is 0 Å². The first kappa shape index (κ1) is 10.6. The van der Waals surface area contributed by atoms with Gasteiger partial charge in [0.05, 0.1) is 17.4 Å². The molecule has 0 bridgehead atoms. The summed E-state index contributed by atoms with van der Waals surface area (Å²) in [4.78, 5) is 11.2. The first-order valence-electron chi connectivity index (χ1n) is 5.21. The highest BCUT2D eigenvalue weighted by Gasteiger charge is 2.06. The van der Waals surface area contributed by atoms with Crippen molar-refractivity contribution >= 4 is 5.78 Å². The maximum atomic E-state index is 11.2. The summed E-state index contributed by atoms with van der Waals surface area (Å²) < 4.78 is 1.74. The number of carbonyl (C=O) groups is 1. The predicted molar refractivity (Wildman–Crippen MR) is 63.0 cm³/mol. The van der Waals surface area contributed by atoms with Gasteiger partial charge in [0.1, 0.15) is 0 Å². The lowest BCUT2D eigenvalue weighted by atomic mass is 10.1. The van der Waals surface area contributed by atoms with E-state index in [2.05, 4.69) is 18.1 Å². The van der Waals surface area contributed by atoms with Crippen LogP contribution in [0.1, 0.15) is 28.4 Å². The summed E-state index contributed by atoms with van der Waals surface area (Å²) in [5, 5.41) is 4.19. The zero-order chi connectivity index (χ0) is 11.7. The molecule has 0 unspecified atom stereocenters. The standard InChI is InChI=1S/C13H14N2O/c1-9-4-5-13(10(2)6-9)15-8-12(7-14-15)11(3)16/h4-8H,1-3H3. The zero-order valence-corrected chi connectivity index (χ0v) is 9.69. The molecule has 3 nitrogen and oxygen atoms in total. The minimum atomic E-state index is 0.0380. The Bertz CT molecular complexity index is 541. The SMILES string of the molecule is CC(=O)c1cnn(-c2ccc(C)cc2C)c1. The van der Waals surface area contributed by atoms with E-state index in [0.29, 0.717) is 5.56 Å². The fraction of sp³-hybridized carbons (Fsp3) is 0.231. The largest absolute Gasteiger partial charge is 0.294 e. The van der Waals surface area contributed by atoms with Crippen LogP contribution in [0.3, 0.4) is 0 Å². The van der Waals surface area contributed by atoms with Gasteiger partial charge in [0.15, 0.2) is 5.78 Å². The Hall–Kier alpha value is -1.90. The molecule has 2 rings (SSSR count). The lowest BCUT2D eigenvalue weighted by Crippen LogP contribution is -1.97. The summed E-state index contributed by atoms with van der Waals surface area (Å²) >= 11 is 0. The summed E-state index contributed by atoms with van der Waals surface area (Å²) in [7, 11) is 0. The monoisotopic (exact) mass is 214 g/mol. The third-order valence-electron chi connectivity index (χ3n) is 2.59. The van der Waals surface area contributed by atoms with Crippen LogP contribution in [0.25, 0.3) is 5.69 Å². The molecule has 0 spiro atoms. The van der Waals surface area contributed by atoms with Gasteiger partial charge < -0.3 is 0 Å². The second kappa shape index (κ2) is 3.93. The van der Waals surface area contributed by atoms with E-state index < -0.39 is 0 Å². The molecular weight excluding hydrogens is 200 g/mol. The van der Waals surface area contributed by atoms with E-state index in [4.69, 9.17) is 0 Å². The maximum absolute atomic E-state index is 11.2. The molecule has 16 heavy (non-hydrogen) atoms. The van der Waals surface area contributed by atoms with Crippen LogP contribution in [-0.2, 0) is 0 Å². The topological polar surface area (TPSA) is 34.9 Å². The highest BCUT2D eigenvalue weighted by Crippen LogP contribution is 2.15. The van der Waals surface area contributed by atoms with Crippen molar-refractivity contribution in [2.75, 3.05) is 0 Å². The van der Waals surface area contributed by atoms with Crippen molar-refractivity contribution in [1.82, 2.24) is 9.78 Å². The summed E-state index contributed by atoms with van der Waals surface area (Å²) in [5.41, 5.74) is 4.02. The van der Waals surface area contributed by atoms with Gasteiger partial charge >= 0.3 is 0 Å². The van der Waals surface area contributed by atoms with Gasteiger partial charge in [-0.2, -0.15) is 5.10 Å². The van der Waals surface area contributed by atoms with Gasteiger partial charge in [0, 0.05) is 6.20 Å². The summed E-state index contributed by atoms with van der Waals surface area (Å²) in [6, 6.07) is 6.16. The zero-order valence-electron chi connectivity index (χ0n) is 9.69. The molecular formula is C13H14N2O. The molecule has 0 saturated carbocycles. The number of ketones is 1. The Balaban J connectivity index is 2.46. The number of aryl methyl sites for hydroxylation is 2. The van der Waals surface area contributed by atoms with Crippen LogP contribution in [0, 0.1) is 13.8 Å². The minimum absolute atomic E-state index is 0.0380. The Morgan fingerprint density at radius 2 is 2.06 bits per heavy atom. The molecule has 0 fully saturated rings. The molecule has 1 aromatic heterocycles. The average molecular weight is 214 g/mol. The van der Waals surface area contributed by atoms with Crippen LogP contribution in [0.4, 0.5) is 0 Å². The van der Waals surface area contributed by atoms with E-state index >= 15 is 0 Å². The van der Waals surface area contributed by atoms with Gasteiger partial charge in [-0.15, -0.1) is 0 Å². The van der Waals surface area contributed by atoms with Crippen molar-refractivity contribution in [2.45, 2.75) is 20.8 Å². The Morgan fingerprint density at radius 1 is 1.31 bits per heavy atom. The summed E-state index contributed by atoms with van der Waals surface area (Å²) in [5.74, 6) is 0.0380. The van der Waals surface area contributed by atoms with Crippen LogP contribution >= 0.6 is 0 Å². The molecule has 0 radical (unpaired) electrons. The van der Waals surface area contributed by atoms with Gasteiger partial charge in [-0.3, -0.25) is 4.79 Å². The van der Waals surface area contributed by atoms with Crippen LogP contribution < -0.4 is 0 Å². The molecule has 3 heteroatoms. The second-order valence-electron chi connectivity index (χ2n) is 4.02. The number of hydrogen-bond acceptors (Lipinski definition) is 2. The van der Waals surface area contributed by atoms with E-state index in [9.17, 15) is 4.79 Å². The third kappa shape index (κ3) is 1.89. The van der Waals surface area contributed by atoms with Gasteiger partial charge in [0.25, 0.3) is 0 Å². The lowest BCUT2D eigenvalue weighted by Gasteiger charge is -2.06. The molecule has 0 saturated heterocycles. The van der Waals surface area contributed by atoms with Gasteiger partial charge in [0.2, 0.25) is 0 Å². The lowest BCUT2D eigenvalue weighted by molar-refractivity contribution is 0.101. The normalized spacial score (nSPS) is 10.4. The summed E-state index contributed by atoms with van der Waals surface area (Å²) in [6.07, 6.45) is 3.36. The number of hydrogen-bond donors (Lipinski definition) is 0. The van der Waals surface area contributed by atoms with Crippen molar-refractivity contribution in [3.8, 4) is 5.69 Å². The highest BCUT2D eigenvalue weighted by molar-refractivity contribution is 5.93. The fourth-order valence-electron chi connectivity index (χ4n) is 1.70. The van der Waals surface area contributed by atoms with Crippen LogP contribution in [0.5, 0.6) is 0 Å². The van der Waals surface area contributed by atoms with E-state index in [0.717, 1.165) is 11.3 Å². The van der Waals surface area contributed by atoms with E-state index in [-0.39, 0.29) is 5.78 Å². The highest BCUT2D eigenvalue weighted by atomic mass is 16.1. The number of nitrogens with zero attached hydrogens (tertiary/aromatic N) is 2. The molecule has 0 aliphatic carbocycles. The van der Waals surface area contributed by atoms with Crippen LogP contribution in [0.2, 0.25) is 0 Å². The first-order chi connectivity index (χ1) is 7.58. The quantitative estimate of drug-likeness (QED) is 0.720. The van der Waals surface area contributed by atoms with Crippen molar-refractivity contribution < 1.29 is 4.79 Å². The molecule has 1 aromatic carbocycles. The Morgan fingerprint density at radius 3 is 2.62 bits per heavy atom. The summed E-state index contributed by atoms with van der Waals surface area (Å²) in [6.45, 7) is 5.64. The number of carbonyl (C=O) groups excluding carboxylic acids is 1. The van der Waals surface area contributed by atoms with Crippen molar-refractivity contribution in [2.24, 2.45) is 0 Å². The Labute approximate surface area is 94.7 Å². The second-order valence-corrected chi connectivity index (χ2v) is 4.02. The van der Waals surface area contributed by atoms with Gasteiger partial charge in [-0.1, -0.05) is 17.7 Å². The first-order valence-corrected chi connectivity index (χ1v) is 5.21. The van der Waals surface area contributed by atoms with Crippen molar-refractivity contribution in [3.05, 3.63) is 47.3 Å². The molecule has 0 N–H and O–H groups in total. The average Bonchev–Trinajstić information content (AvgIpc) is 2.66. The molecule has 0 atom stereocenters. The number of benzene rings is 1. The van der Waals surface area contributed by atoms with Crippen molar-refractivity contribution in [3.63, 3.8) is 0 Å². The minimum Gasteiger partial charge on any atom is -0.294 e. The number of rotatable bonds is 2. The molecule has 0 amide bonds. The van der Waals surface area contributed by atoms with Crippen LogP contribution in [0.15, 0.2) is 30.6 Å². The van der Waals surface area contributed by atoms with Gasteiger partial charge in [-0.25, -0.2) is 4.68 Å². The Kier molecular flexibility index (Phi) is 2.60. The molecule has 0 aliphatic heterocycles. The predicted octanol–water partition coefficient (Wildman–Crippen LogP) is 2.69. The fourth-order valence-corrected chi connectivity index (χ4v) is 1.70. The molecule has 82 valence electrons. The number of Topliss-reactive ketones (excluding diaryl/α,β-unsaturated/α-hetero) is 1. The van der Waals surface area contributed by atoms with E-state index in [1.807, 2.05) is 19.1 Å². The van der Waals surface area contributed by atoms with E-state index in [1.165, 1.54) is 5.56 Å². The molecule has 2 aromatic rings. The van der Waals surface area contributed by atoms with Gasteiger partial charge in [-0.05, 0) is 32.4 Å². The number of aromatic nitrogens is 2. The van der Waals surface area contributed by atoms with Crippen LogP contribution in [-0.4, -0.2) is 15.6 Å². The maximum Gasteiger partial charge on any atom is 0.162 e. The third-order valence-corrected chi connectivity index (χ3v) is 2.59. The smallest absolute Gasteiger partial charge is 0.162 e. The van der Waals surface area contributed by atoms with E-state index in [1.54, 1.807) is 24.0 Å². The molecule has 0 aliphatic rings. The molecule has 1 heterocycles.